The first-order valence-corrected chi connectivity index (χ1v) is 8.08. The van der Waals surface area contributed by atoms with Gasteiger partial charge in [0.1, 0.15) is 0 Å². The van der Waals surface area contributed by atoms with Gasteiger partial charge in [0.05, 0.1) is 34.8 Å². The van der Waals surface area contributed by atoms with Crippen molar-refractivity contribution in [1.29, 1.82) is 0 Å². The second kappa shape index (κ2) is 6.22. The van der Waals surface area contributed by atoms with Crippen molar-refractivity contribution in [2.75, 3.05) is 31.2 Å². The van der Waals surface area contributed by atoms with E-state index in [2.05, 4.69) is 14.9 Å². The summed E-state index contributed by atoms with van der Waals surface area (Å²) < 4.78 is 6.86. The van der Waals surface area contributed by atoms with E-state index in [-0.39, 0.29) is 5.56 Å². The molecule has 1 fully saturated rings. The number of para-hydroxylation sites is 1. The van der Waals surface area contributed by atoms with Crippen LogP contribution in [0.25, 0.3) is 16.6 Å². The number of hydrogen-bond acceptors (Lipinski definition) is 5. The summed E-state index contributed by atoms with van der Waals surface area (Å²) in [6.45, 7) is 2.83. The molecule has 4 rings (SSSR count). The molecular weight excluding hydrogens is 328 g/mol. The number of morpholine rings is 1. The molecule has 0 atom stereocenters. The van der Waals surface area contributed by atoms with Crippen molar-refractivity contribution in [2.24, 2.45) is 0 Å². The number of nitrogens with zero attached hydrogens (tertiary/aromatic N) is 4. The van der Waals surface area contributed by atoms with Gasteiger partial charge in [0.25, 0.3) is 5.56 Å². The lowest BCUT2D eigenvalue weighted by Gasteiger charge is -2.26. The van der Waals surface area contributed by atoms with E-state index in [4.69, 9.17) is 16.3 Å². The standard InChI is InChI=1S/C17H15ClN4O2/c18-13-3-1-2-4-15(13)22-6-5-14-12(16(22)23)11-19-17(20-14)21-7-9-24-10-8-21/h1-6,11H,7-10H2. The van der Waals surface area contributed by atoms with Crippen LogP contribution in [0.15, 0.2) is 47.5 Å². The van der Waals surface area contributed by atoms with Crippen LogP contribution in [0.5, 0.6) is 0 Å². The number of aromatic nitrogens is 3. The number of halogens is 1. The van der Waals surface area contributed by atoms with Crippen molar-refractivity contribution in [3.63, 3.8) is 0 Å². The van der Waals surface area contributed by atoms with Crippen molar-refractivity contribution in [3.05, 3.63) is 58.1 Å². The van der Waals surface area contributed by atoms with E-state index >= 15 is 0 Å². The Morgan fingerprint density at radius 2 is 1.92 bits per heavy atom. The largest absolute Gasteiger partial charge is 0.378 e. The summed E-state index contributed by atoms with van der Waals surface area (Å²) in [6.07, 6.45) is 3.28. The minimum Gasteiger partial charge on any atom is -0.378 e. The number of benzene rings is 1. The molecule has 1 aromatic carbocycles. The summed E-state index contributed by atoms with van der Waals surface area (Å²) >= 11 is 6.20. The number of pyridine rings is 1. The van der Waals surface area contributed by atoms with E-state index in [1.807, 2.05) is 18.2 Å². The maximum atomic E-state index is 12.8. The smallest absolute Gasteiger partial charge is 0.266 e. The summed E-state index contributed by atoms with van der Waals surface area (Å²) in [6, 6.07) is 9.04. The summed E-state index contributed by atoms with van der Waals surface area (Å²) in [4.78, 5) is 23.7. The zero-order valence-electron chi connectivity index (χ0n) is 12.9. The van der Waals surface area contributed by atoms with Crippen LogP contribution in [-0.2, 0) is 4.74 Å². The van der Waals surface area contributed by atoms with E-state index < -0.39 is 0 Å². The Morgan fingerprint density at radius 3 is 2.71 bits per heavy atom. The van der Waals surface area contributed by atoms with Crippen LogP contribution in [-0.4, -0.2) is 40.8 Å². The predicted molar refractivity (Wildman–Crippen MR) is 93.2 cm³/mol. The Bertz CT molecular complexity index is 951. The number of fused-ring (bicyclic) bond motifs is 1. The average Bonchev–Trinajstić information content (AvgIpc) is 2.63. The van der Waals surface area contributed by atoms with Gasteiger partial charge in [-0.2, -0.15) is 0 Å². The Kier molecular flexibility index (Phi) is 3.92. The Hall–Kier alpha value is -2.44. The molecule has 1 aliphatic rings. The fraction of sp³-hybridized carbons (Fsp3) is 0.235. The molecule has 3 aromatic rings. The molecule has 0 amide bonds. The molecule has 24 heavy (non-hydrogen) atoms. The molecule has 3 heterocycles. The monoisotopic (exact) mass is 342 g/mol. The first-order chi connectivity index (χ1) is 11.7. The maximum absolute atomic E-state index is 12.8. The highest BCUT2D eigenvalue weighted by Gasteiger charge is 2.15. The zero-order valence-corrected chi connectivity index (χ0v) is 13.6. The van der Waals surface area contributed by atoms with Crippen molar-refractivity contribution in [1.82, 2.24) is 14.5 Å². The Labute approximate surface area is 143 Å². The molecule has 0 unspecified atom stereocenters. The molecule has 0 radical (unpaired) electrons. The van der Waals surface area contributed by atoms with E-state index in [1.165, 1.54) is 4.57 Å². The predicted octanol–water partition coefficient (Wildman–Crippen LogP) is 2.27. The van der Waals surface area contributed by atoms with Crippen LogP contribution in [0.2, 0.25) is 5.02 Å². The molecule has 1 saturated heterocycles. The Balaban J connectivity index is 1.80. The number of ether oxygens (including phenoxy) is 1. The molecular formula is C17H15ClN4O2. The summed E-state index contributed by atoms with van der Waals surface area (Å²) in [5, 5.41) is 0.985. The van der Waals surface area contributed by atoms with Crippen molar-refractivity contribution < 1.29 is 4.74 Å². The normalized spacial score (nSPS) is 15.0. The number of anilines is 1. The first-order valence-electron chi connectivity index (χ1n) is 7.70. The maximum Gasteiger partial charge on any atom is 0.266 e. The van der Waals surface area contributed by atoms with E-state index in [0.717, 1.165) is 13.1 Å². The molecule has 7 heteroatoms. The highest BCUT2D eigenvalue weighted by Crippen LogP contribution is 2.20. The minimum atomic E-state index is -0.186. The zero-order chi connectivity index (χ0) is 16.5. The minimum absolute atomic E-state index is 0.186. The SMILES string of the molecule is O=c1c2cnc(N3CCOCC3)nc2ccn1-c1ccccc1Cl. The van der Waals surface area contributed by atoms with E-state index in [9.17, 15) is 4.79 Å². The fourth-order valence-electron chi connectivity index (χ4n) is 2.77. The van der Waals surface area contributed by atoms with Crippen molar-refractivity contribution >= 4 is 28.5 Å². The fourth-order valence-corrected chi connectivity index (χ4v) is 3.00. The van der Waals surface area contributed by atoms with Crippen LogP contribution < -0.4 is 10.5 Å². The second-order valence-electron chi connectivity index (χ2n) is 5.51. The van der Waals surface area contributed by atoms with Gasteiger partial charge in [-0.05, 0) is 18.2 Å². The number of hydrogen-bond donors (Lipinski definition) is 0. The van der Waals surface area contributed by atoms with Gasteiger partial charge in [-0.25, -0.2) is 9.97 Å². The molecule has 6 nitrogen and oxygen atoms in total. The molecule has 122 valence electrons. The van der Waals surface area contributed by atoms with E-state index in [1.54, 1.807) is 24.5 Å². The lowest BCUT2D eigenvalue weighted by Crippen LogP contribution is -2.37. The molecule has 0 N–H and O–H groups in total. The molecule has 1 aliphatic heterocycles. The summed E-state index contributed by atoms with van der Waals surface area (Å²) in [5.41, 5.74) is 1.08. The lowest BCUT2D eigenvalue weighted by molar-refractivity contribution is 0.122. The van der Waals surface area contributed by atoms with Gasteiger partial charge < -0.3 is 9.64 Å². The van der Waals surface area contributed by atoms with Gasteiger partial charge >= 0.3 is 0 Å². The van der Waals surface area contributed by atoms with Crippen LogP contribution >= 0.6 is 11.6 Å². The van der Waals surface area contributed by atoms with Crippen LogP contribution in [0.1, 0.15) is 0 Å². The van der Waals surface area contributed by atoms with Gasteiger partial charge in [0.2, 0.25) is 5.95 Å². The summed E-state index contributed by atoms with van der Waals surface area (Å²) in [7, 11) is 0. The molecule has 0 bridgehead atoms. The van der Waals surface area contributed by atoms with Crippen molar-refractivity contribution in [2.45, 2.75) is 0 Å². The molecule has 0 aliphatic carbocycles. The molecule has 2 aromatic heterocycles. The number of rotatable bonds is 2. The lowest BCUT2D eigenvalue weighted by atomic mass is 10.2. The van der Waals surface area contributed by atoms with Gasteiger partial charge in [-0.1, -0.05) is 23.7 Å². The van der Waals surface area contributed by atoms with Crippen LogP contribution in [0.4, 0.5) is 5.95 Å². The second-order valence-corrected chi connectivity index (χ2v) is 5.92. The first kappa shape index (κ1) is 15.1. The van der Waals surface area contributed by atoms with Crippen molar-refractivity contribution in [3.8, 4) is 5.69 Å². The van der Waals surface area contributed by atoms with Gasteiger partial charge in [-0.15, -0.1) is 0 Å². The molecule has 0 spiro atoms. The third kappa shape index (κ3) is 2.64. The molecule has 0 saturated carbocycles. The topological polar surface area (TPSA) is 60.3 Å². The quantitative estimate of drug-likeness (QED) is 0.715. The van der Waals surface area contributed by atoms with Gasteiger partial charge in [0.15, 0.2) is 0 Å². The average molecular weight is 343 g/mol. The van der Waals surface area contributed by atoms with Crippen LogP contribution in [0.3, 0.4) is 0 Å². The van der Waals surface area contributed by atoms with Crippen LogP contribution in [0, 0.1) is 0 Å². The highest BCUT2D eigenvalue weighted by molar-refractivity contribution is 6.32. The third-order valence-corrected chi connectivity index (χ3v) is 4.36. The van der Waals surface area contributed by atoms with Gasteiger partial charge in [-0.3, -0.25) is 9.36 Å². The van der Waals surface area contributed by atoms with Gasteiger partial charge in [0, 0.05) is 25.5 Å². The third-order valence-electron chi connectivity index (χ3n) is 4.04. The summed E-state index contributed by atoms with van der Waals surface area (Å²) in [5.74, 6) is 0.626. The Morgan fingerprint density at radius 1 is 1.12 bits per heavy atom. The highest BCUT2D eigenvalue weighted by atomic mass is 35.5. The van der Waals surface area contributed by atoms with E-state index in [0.29, 0.717) is 40.8 Å².